The van der Waals surface area contributed by atoms with Crippen LogP contribution in [0, 0.1) is 6.92 Å². The van der Waals surface area contributed by atoms with Gasteiger partial charge in [-0.05, 0) is 21.0 Å². The first-order valence-electron chi connectivity index (χ1n) is 8.31. The number of carbonyl (C=O) groups excluding carboxylic acids is 1. The second-order valence-electron chi connectivity index (χ2n) is 6.26. The molecular weight excluding hydrogens is 350 g/mol. The van der Waals surface area contributed by atoms with E-state index in [-0.39, 0.29) is 18.0 Å². The highest BCUT2D eigenvalue weighted by atomic mass is 32.1. The van der Waals surface area contributed by atoms with E-state index in [1.165, 1.54) is 16.0 Å². The van der Waals surface area contributed by atoms with Crippen LogP contribution < -0.4 is 10.9 Å². The number of fused-ring (bicyclic) bond motifs is 1. The monoisotopic (exact) mass is 371 g/mol. The van der Waals surface area contributed by atoms with Gasteiger partial charge in [-0.2, -0.15) is 5.10 Å². The number of thiazole rings is 1. The number of nitrogens with one attached hydrogen (secondary N) is 1. The van der Waals surface area contributed by atoms with Crippen LogP contribution in [-0.4, -0.2) is 52.8 Å². The molecule has 0 aliphatic carbocycles. The minimum atomic E-state index is -0.341. The lowest BCUT2D eigenvalue weighted by molar-refractivity contribution is -0.121. The van der Waals surface area contributed by atoms with E-state index in [4.69, 9.17) is 0 Å². The van der Waals surface area contributed by atoms with Crippen molar-refractivity contribution in [1.29, 1.82) is 0 Å². The van der Waals surface area contributed by atoms with Gasteiger partial charge in [0.15, 0.2) is 5.52 Å². The summed E-state index contributed by atoms with van der Waals surface area (Å²) in [6.07, 6.45) is 0. The summed E-state index contributed by atoms with van der Waals surface area (Å²) >= 11 is 1.44. The van der Waals surface area contributed by atoms with Crippen LogP contribution in [0.3, 0.4) is 0 Å². The Kier molecular flexibility index (Phi) is 5.43. The fourth-order valence-corrected chi connectivity index (χ4v) is 3.53. The first-order chi connectivity index (χ1) is 12.5. The molecule has 0 saturated heterocycles. The Morgan fingerprint density at radius 3 is 2.69 bits per heavy atom. The standard InChI is InChI=1S/C18H21N5O2S/c1-12-16-15(20-17(26-16)13-7-5-4-6-8-13)18(25)23(21-12)11-14(24)19-9-10-22(2)3/h4-8H,9-11H2,1-3H3,(H,19,24). The average Bonchev–Trinajstić information content (AvgIpc) is 3.06. The van der Waals surface area contributed by atoms with Gasteiger partial charge in [-0.3, -0.25) is 9.59 Å². The highest BCUT2D eigenvalue weighted by Crippen LogP contribution is 2.29. The van der Waals surface area contributed by atoms with Gasteiger partial charge in [-0.25, -0.2) is 9.67 Å². The molecule has 8 heteroatoms. The Morgan fingerprint density at radius 2 is 2.00 bits per heavy atom. The Hall–Kier alpha value is -2.58. The summed E-state index contributed by atoms with van der Waals surface area (Å²) < 4.78 is 1.95. The van der Waals surface area contributed by atoms with Crippen LogP contribution in [0.15, 0.2) is 35.1 Å². The SMILES string of the molecule is Cc1nn(CC(=O)NCCN(C)C)c(=O)c2nc(-c3ccccc3)sc12. The van der Waals surface area contributed by atoms with Gasteiger partial charge in [-0.15, -0.1) is 11.3 Å². The number of aryl methyl sites for hydroxylation is 1. The van der Waals surface area contributed by atoms with Crippen molar-refractivity contribution >= 4 is 27.5 Å². The summed E-state index contributed by atoms with van der Waals surface area (Å²) in [6.45, 7) is 2.98. The quantitative estimate of drug-likeness (QED) is 0.710. The fraction of sp³-hybridized carbons (Fsp3) is 0.333. The molecule has 3 aromatic rings. The van der Waals surface area contributed by atoms with Crippen molar-refractivity contribution in [2.75, 3.05) is 27.2 Å². The number of benzene rings is 1. The van der Waals surface area contributed by atoms with Crippen LogP contribution in [0.5, 0.6) is 0 Å². The molecule has 2 heterocycles. The zero-order valence-corrected chi connectivity index (χ0v) is 15.8. The van der Waals surface area contributed by atoms with Crippen LogP contribution in [0.4, 0.5) is 0 Å². The third-order valence-electron chi connectivity index (χ3n) is 3.86. The minimum absolute atomic E-state index is 0.110. The second-order valence-corrected chi connectivity index (χ2v) is 7.26. The molecule has 0 aliphatic heterocycles. The van der Waals surface area contributed by atoms with Crippen molar-refractivity contribution in [3.05, 3.63) is 46.4 Å². The summed E-state index contributed by atoms with van der Waals surface area (Å²) in [6, 6.07) is 9.71. The van der Waals surface area contributed by atoms with Crippen molar-refractivity contribution in [2.24, 2.45) is 0 Å². The first kappa shape index (κ1) is 18.2. The summed E-state index contributed by atoms with van der Waals surface area (Å²) in [5.41, 5.74) is 1.68. The summed E-state index contributed by atoms with van der Waals surface area (Å²) in [5.74, 6) is -0.237. The number of nitrogens with zero attached hydrogens (tertiary/aromatic N) is 4. The second kappa shape index (κ2) is 7.76. The molecule has 0 atom stereocenters. The molecule has 2 aromatic heterocycles. The maximum Gasteiger partial charge on any atom is 0.294 e. The van der Waals surface area contributed by atoms with Crippen molar-refractivity contribution in [2.45, 2.75) is 13.5 Å². The van der Waals surface area contributed by atoms with Gasteiger partial charge in [0.25, 0.3) is 5.56 Å². The fourth-order valence-electron chi connectivity index (χ4n) is 2.53. The highest BCUT2D eigenvalue weighted by molar-refractivity contribution is 7.21. The first-order valence-corrected chi connectivity index (χ1v) is 9.12. The molecule has 0 bridgehead atoms. The van der Waals surface area contributed by atoms with Crippen molar-refractivity contribution in [3.63, 3.8) is 0 Å². The van der Waals surface area contributed by atoms with Gasteiger partial charge < -0.3 is 10.2 Å². The predicted molar refractivity (Wildman–Crippen MR) is 103 cm³/mol. The molecule has 1 amide bonds. The summed E-state index contributed by atoms with van der Waals surface area (Å²) in [4.78, 5) is 31.2. The lowest BCUT2D eigenvalue weighted by Crippen LogP contribution is -2.37. The summed E-state index contributed by atoms with van der Waals surface area (Å²) in [5, 5.41) is 7.86. The molecule has 0 saturated carbocycles. The lowest BCUT2D eigenvalue weighted by Gasteiger charge is -2.11. The van der Waals surface area contributed by atoms with Crippen LogP contribution >= 0.6 is 11.3 Å². The molecule has 0 fully saturated rings. The van der Waals surface area contributed by atoms with Crippen molar-refractivity contribution in [1.82, 2.24) is 25.0 Å². The Bertz CT molecular complexity index is 978. The van der Waals surface area contributed by atoms with Gasteiger partial charge in [0.2, 0.25) is 5.91 Å². The van der Waals surface area contributed by atoms with Gasteiger partial charge in [0, 0.05) is 18.7 Å². The maximum atomic E-state index is 12.7. The Labute approximate surface area is 155 Å². The van der Waals surface area contributed by atoms with Crippen molar-refractivity contribution < 1.29 is 4.79 Å². The van der Waals surface area contributed by atoms with Crippen LogP contribution in [0.2, 0.25) is 0 Å². The van der Waals surface area contributed by atoms with E-state index in [1.807, 2.05) is 56.3 Å². The molecule has 1 aromatic carbocycles. The Balaban J connectivity index is 1.88. The number of hydrogen-bond acceptors (Lipinski definition) is 6. The third kappa shape index (κ3) is 3.97. The largest absolute Gasteiger partial charge is 0.353 e. The van der Waals surface area contributed by atoms with Gasteiger partial charge in [-0.1, -0.05) is 30.3 Å². The van der Waals surface area contributed by atoms with Gasteiger partial charge in [0.1, 0.15) is 11.6 Å². The number of carbonyl (C=O) groups is 1. The topological polar surface area (TPSA) is 80.1 Å². The normalized spacial score (nSPS) is 11.2. The maximum absolute atomic E-state index is 12.7. The minimum Gasteiger partial charge on any atom is -0.353 e. The number of aromatic nitrogens is 3. The van der Waals surface area contributed by atoms with E-state index in [9.17, 15) is 9.59 Å². The third-order valence-corrected chi connectivity index (χ3v) is 5.07. The molecule has 3 rings (SSSR count). The van der Waals surface area contributed by atoms with Gasteiger partial charge in [0.05, 0.1) is 10.4 Å². The molecule has 0 unspecified atom stereocenters. The molecule has 136 valence electrons. The van der Waals surface area contributed by atoms with E-state index >= 15 is 0 Å². The molecule has 0 aliphatic rings. The molecule has 0 spiro atoms. The van der Waals surface area contributed by atoms with Crippen LogP contribution in [-0.2, 0) is 11.3 Å². The number of likely N-dealkylation sites (N-methyl/N-ethyl adjacent to an activating group) is 1. The highest BCUT2D eigenvalue weighted by Gasteiger charge is 2.16. The molecule has 7 nitrogen and oxygen atoms in total. The lowest BCUT2D eigenvalue weighted by atomic mass is 10.2. The number of rotatable bonds is 6. The summed E-state index contributed by atoms with van der Waals surface area (Å²) in [7, 11) is 3.87. The van der Waals surface area contributed by atoms with E-state index in [0.29, 0.717) is 17.8 Å². The van der Waals surface area contributed by atoms with Gasteiger partial charge >= 0.3 is 0 Å². The van der Waals surface area contributed by atoms with E-state index in [0.717, 1.165) is 21.8 Å². The zero-order chi connectivity index (χ0) is 18.7. The number of amides is 1. The molecule has 1 N–H and O–H groups in total. The van der Waals surface area contributed by atoms with Crippen molar-refractivity contribution in [3.8, 4) is 10.6 Å². The zero-order valence-electron chi connectivity index (χ0n) is 15.0. The van der Waals surface area contributed by atoms with Crippen LogP contribution in [0.1, 0.15) is 5.69 Å². The van der Waals surface area contributed by atoms with E-state index < -0.39 is 0 Å². The molecule has 0 radical (unpaired) electrons. The smallest absolute Gasteiger partial charge is 0.294 e. The predicted octanol–water partition coefficient (Wildman–Crippen LogP) is 1.51. The molecular formula is C18H21N5O2S. The van der Waals surface area contributed by atoms with E-state index in [1.54, 1.807) is 0 Å². The van der Waals surface area contributed by atoms with Crippen LogP contribution in [0.25, 0.3) is 20.8 Å². The number of hydrogen-bond donors (Lipinski definition) is 1. The average molecular weight is 371 g/mol. The van der Waals surface area contributed by atoms with E-state index in [2.05, 4.69) is 15.4 Å². The molecule has 26 heavy (non-hydrogen) atoms. The Morgan fingerprint density at radius 1 is 1.27 bits per heavy atom.